The maximum Gasteiger partial charge on any atom is 0.226 e. The van der Waals surface area contributed by atoms with Crippen molar-refractivity contribution in [3.8, 4) is 0 Å². The molecule has 0 aliphatic carbocycles. The number of carbonyl (C=O) groups excluding carboxylic acids is 5. The minimum atomic E-state index is -1.12. The summed E-state index contributed by atoms with van der Waals surface area (Å²) in [7, 11) is 4.92. The molecule has 8 atom stereocenters. The molecule has 0 saturated carbocycles. The second-order valence-corrected chi connectivity index (χ2v) is 17.2. The first-order valence-corrected chi connectivity index (χ1v) is 20.7. The zero-order chi connectivity index (χ0) is 41.0. The summed E-state index contributed by atoms with van der Waals surface area (Å²) in [5.74, 6) is -2.09. The lowest BCUT2D eigenvalue weighted by atomic mass is 9.83. The van der Waals surface area contributed by atoms with Crippen LogP contribution in [0, 0.1) is 23.7 Å². The maximum absolute atomic E-state index is 14.3. The van der Waals surface area contributed by atoms with Gasteiger partial charge in [0.25, 0.3) is 0 Å². The number of Topliss-reactive ketones (excluding diaryl/α,β-unsaturated/α-hetero) is 2. The van der Waals surface area contributed by atoms with E-state index >= 15 is 0 Å². The summed E-state index contributed by atoms with van der Waals surface area (Å²) in [5.41, 5.74) is 0.0310. The third-order valence-electron chi connectivity index (χ3n) is 11.6. The molecule has 0 spiro atoms. The summed E-state index contributed by atoms with van der Waals surface area (Å²) in [6.45, 7) is 15.0. The van der Waals surface area contributed by atoms with E-state index < -0.39 is 35.6 Å². The molecule has 0 radical (unpaired) electrons. The van der Waals surface area contributed by atoms with Crippen molar-refractivity contribution in [1.29, 1.82) is 0 Å². The minimum Gasteiger partial charge on any atom is -0.379 e. The summed E-state index contributed by atoms with van der Waals surface area (Å²) in [6, 6.07) is 9.40. The van der Waals surface area contributed by atoms with Gasteiger partial charge in [-0.2, -0.15) is 0 Å². The summed E-state index contributed by atoms with van der Waals surface area (Å²) in [6.07, 6.45) is 3.95. The number of hydrogen-bond donors (Lipinski definition) is 1. The molecule has 1 aliphatic rings. The predicted octanol–water partition coefficient (Wildman–Crippen LogP) is 6.50. The van der Waals surface area contributed by atoms with E-state index in [1.165, 1.54) is 6.92 Å². The van der Waals surface area contributed by atoms with Gasteiger partial charge in [0.2, 0.25) is 17.7 Å². The van der Waals surface area contributed by atoms with Gasteiger partial charge in [-0.05, 0) is 50.5 Å². The van der Waals surface area contributed by atoms with E-state index in [0.717, 1.165) is 23.4 Å². The summed E-state index contributed by atoms with van der Waals surface area (Å²) in [4.78, 5) is 75.8. The molecule has 11 nitrogen and oxygen atoms in total. The van der Waals surface area contributed by atoms with Crippen LogP contribution in [0.2, 0.25) is 0 Å². The molecule has 1 fully saturated rings. The van der Waals surface area contributed by atoms with Gasteiger partial charge in [-0.15, -0.1) is 11.3 Å². The van der Waals surface area contributed by atoms with Gasteiger partial charge in [-0.25, -0.2) is 4.98 Å². The highest BCUT2D eigenvalue weighted by Gasteiger charge is 2.43. The lowest BCUT2D eigenvalue weighted by molar-refractivity contribution is -0.149. The third kappa shape index (κ3) is 12.3. The third-order valence-corrected chi connectivity index (χ3v) is 12.6. The van der Waals surface area contributed by atoms with Crippen LogP contribution in [0.25, 0.3) is 0 Å². The van der Waals surface area contributed by atoms with Crippen LogP contribution in [-0.4, -0.2) is 102 Å². The average molecular weight is 783 g/mol. The van der Waals surface area contributed by atoms with Crippen molar-refractivity contribution in [3.05, 3.63) is 52.5 Å². The van der Waals surface area contributed by atoms with Gasteiger partial charge >= 0.3 is 0 Å². The molecule has 2 aromatic rings. The number of hydrogen-bond acceptors (Lipinski definition) is 9. The van der Waals surface area contributed by atoms with Crippen LogP contribution in [0.15, 0.2) is 41.9 Å². The standard InChI is InChI=1S/C43H66N4O7S/c1-12-28(4)39(46(9)42(52)33(27(2)3)25-37(50)43(7,8)45-30(6)48)36(53-10)26-38(51)47-21-16-19-34(47)40(54-11)29(5)35(49)24-32(41-44-20-22-55-41)23-31-17-14-13-15-18-31/h13-15,17-18,20,22,27-29,32-34,36,39-40H,12,16,19,21,23-26H2,1-11H3,(H,45,48)/t28-,29-,32+,33-,34-,36+,39-,40+/m0/s1. The summed E-state index contributed by atoms with van der Waals surface area (Å²) in [5, 5.41) is 5.57. The molecule has 306 valence electrons. The largest absolute Gasteiger partial charge is 0.379 e. The number of carbonyl (C=O) groups is 5. The number of nitrogens with zero attached hydrogens (tertiary/aromatic N) is 3. The molecule has 55 heavy (non-hydrogen) atoms. The van der Waals surface area contributed by atoms with E-state index in [1.807, 2.05) is 63.1 Å². The molecule has 0 unspecified atom stereocenters. The van der Waals surface area contributed by atoms with Crippen LogP contribution in [0.4, 0.5) is 0 Å². The summed E-state index contributed by atoms with van der Waals surface area (Å²) >= 11 is 1.56. The molecule has 0 bridgehead atoms. The molecular formula is C43H66N4O7S. The first-order chi connectivity index (χ1) is 26.0. The Balaban J connectivity index is 1.79. The molecule has 1 aliphatic heterocycles. The van der Waals surface area contributed by atoms with Gasteiger partial charge in [0.15, 0.2) is 5.78 Å². The topological polar surface area (TPSA) is 135 Å². The number of likely N-dealkylation sites (tertiary alicyclic amines) is 1. The predicted molar refractivity (Wildman–Crippen MR) is 217 cm³/mol. The van der Waals surface area contributed by atoms with E-state index in [-0.39, 0.29) is 65.9 Å². The van der Waals surface area contributed by atoms with Crippen molar-refractivity contribution in [2.24, 2.45) is 23.7 Å². The molecule has 3 amide bonds. The van der Waals surface area contributed by atoms with Crippen molar-refractivity contribution in [3.63, 3.8) is 0 Å². The number of amides is 3. The number of ketones is 2. The second-order valence-electron chi connectivity index (χ2n) is 16.3. The summed E-state index contributed by atoms with van der Waals surface area (Å²) < 4.78 is 12.1. The minimum absolute atomic E-state index is 0.0218. The van der Waals surface area contributed by atoms with Gasteiger partial charge in [0, 0.05) is 76.9 Å². The fourth-order valence-electron chi connectivity index (χ4n) is 8.18. The van der Waals surface area contributed by atoms with Gasteiger partial charge in [0.05, 0.1) is 41.3 Å². The fourth-order valence-corrected chi connectivity index (χ4v) is 8.93. The van der Waals surface area contributed by atoms with Crippen LogP contribution < -0.4 is 5.32 Å². The number of thiazole rings is 1. The Morgan fingerprint density at radius 1 is 1.02 bits per heavy atom. The SMILES string of the molecule is CC[C@H](C)[C@@H]([C@@H](CC(=O)N1CCC[C@H]1[C@H](OC)[C@@H](C)C(=O)C[C@@H](Cc1ccccc1)c1nccs1)OC)N(C)C(=O)[C@@H](CC(=O)C(C)(C)NC(C)=O)C(C)C. The van der Waals surface area contributed by atoms with Crippen LogP contribution in [0.5, 0.6) is 0 Å². The molecule has 12 heteroatoms. The monoisotopic (exact) mass is 782 g/mol. The molecule has 1 saturated heterocycles. The van der Waals surface area contributed by atoms with Crippen LogP contribution in [0.3, 0.4) is 0 Å². The Hall–Kier alpha value is -3.48. The smallest absolute Gasteiger partial charge is 0.226 e. The second kappa shape index (κ2) is 21.2. The lowest BCUT2D eigenvalue weighted by Crippen LogP contribution is -2.55. The Bertz CT molecular complexity index is 1550. The molecule has 2 heterocycles. The maximum atomic E-state index is 14.3. The average Bonchev–Trinajstić information content (AvgIpc) is 3.86. The number of likely N-dealkylation sites (N-methyl/N-ethyl adjacent to an activating group) is 1. The molecule has 1 aromatic carbocycles. The lowest BCUT2D eigenvalue weighted by Gasteiger charge is -2.41. The van der Waals surface area contributed by atoms with Gasteiger partial charge in [-0.1, -0.05) is 71.4 Å². The van der Waals surface area contributed by atoms with Crippen LogP contribution >= 0.6 is 11.3 Å². The molecule has 1 N–H and O–H groups in total. The first-order valence-electron chi connectivity index (χ1n) is 19.9. The number of aromatic nitrogens is 1. The van der Waals surface area contributed by atoms with Crippen molar-refractivity contribution in [2.45, 2.75) is 136 Å². The Labute approximate surface area is 333 Å². The highest BCUT2D eigenvalue weighted by atomic mass is 32.1. The quantitative estimate of drug-likeness (QED) is 0.143. The first kappa shape index (κ1) is 45.9. The van der Waals surface area contributed by atoms with E-state index in [1.54, 1.807) is 57.5 Å². The van der Waals surface area contributed by atoms with Crippen molar-refractivity contribution in [2.75, 3.05) is 27.8 Å². The van der Waals surface area contributed by atoms with E-state index in [4.69, 9.17) is 9.47 Å². The van der Waals surface area contributed by atoms with Gasteiger partial charge in [-0.3, -0.25) is 24.0 Å². The normalized spacial score (nSPS) is 18.5. The van der Waals surface area contributed by atoms with Crippen molar-refractivity contribution in [1.82, 2.24) is 20.1 Å². The van der Waals surface area contributed by atoms with Crippen LogP contribution in [0.1, 0.15) is 110 Å². The fraction of sp³-hybridized carbons (Fsp3) is 0.674. The number of benzene rings is 1. The van der Waals surface area contributed by atoms with Gasteiger partial charge < -0.3 is 24.6 Å². The highest BCUT2D eigenvalue weighted by Crippen LogP contribution is 2.33. The number of ether oxygens (including phenoxy) is 2. The van der Waals surface area contributed by atoms with E-state index in [9.17, 15) is 24.0 Å². The molecule has 3 rings (SSSR count). The molecular weight excluding hydrogens is 717 g/mol. The van der Waals surface area contributed by atoms with Crippen molar-refractivity contribution >= 4 is 40.6 Å². The Kier molecular flexibility index (Phi) is 17.7. The highest BCUT2D eigenvalue weighted by molar-refractivity contribution is 7.09. The zero-order valence-corrected chi connectivity index (χ0v) is 35.8. The Morgan fingerprint density at radius 3 is 2.24 bits per heavy atom. The number of nitrogens with one attached hydrogen (secondary N) is 1. The molecule has 1 aromatic heterocycles. The Morgan fingerprint density at radius 2 is 1.69 bits per heavy atom. The number of methoxy groups -OCH3 is 2. The van der Waals surface area contributed by atoms with Crippen LogP contribution in [-0.2, 0) is 39.9 Å². The van der Waals surface area contributed by atoms with Crippen molar-refractivity contribution < 1.29 is 33.4 Å². The van der Waals surface area contributed by atoms with E-state index in [2.05, 4.69) is 22.4 Å². The number of rotatable bonds is 22. The van der Waals surface area contributed by atoms with E-state index in [0.29, 0.717) is 25.8 Å². The van der Waals surface area contributed by atoms with Gasteiger partial charge in [0.1, 0.15) is 5.78 Å². The zero-order valence-electron chi connectivity index (χ0n) is 35.0.